The highest BCUT2D eigenvalue weighted by molar-refractivity contribution is 9.10. The maximum absolute atomic E-state index is 12.6. The molecule has 2 aromatic carbocycles. The van der Waals surface area contributed by atoms with Crippen molar-refractivity contribution in [1.29, 1.82) is 0 Å². The Labute approximate surface area is 204 Å². The first-order chi connectivity index (χ1) is 15.6. The molecule has 2 heterocycles. The van der Waals surface area contributed by atoms with Gasteiger partial charge in [0.15, 0.2) is 5.17 Å². The van der Waals surface area contributed by atoms with Crippen LogP contribution in [0.2, 0.25) is 0 Å². The molecule has 1 saturated heterocycles. The molecule has 1 aliphatic rings. The fraction of sp³-hybridized carbons (Fsp3) is 0.160. The highest BCUT2D eigenvalue weighted by atomic mass is 79.9. The first-order valence-electron chi connectivity index (χ1n) is 10.2. The molecule has 1 aromatic heterocycles. The van der Waals surface area contributed by atoms with Gasteiger partial charge in [0.1, 0.15) is 0 Å². The lowest BCUT2D eigenvalue weighted by atomic mass is 10.1. The predicted molar refractivity (Wildman–Crippen MR) is 137 cm³/mol. The molecule has 33 heavy (non-hydrogen) atoms. The molecule has 1 amide bonds. The predicted octanol–water partition coefficient (Wildman–Crippen LogP) is 6.06. The van der Waals surface area contributed by atoms with Crippen molar-refractivity contribution in [2.75, 3.05) is 0 Å². The van der Waals surface area contributed by atoms with E-state index in [-0.39, 0.29) is 11.5 Å². The Kier molecular flexibility index (Phi) is 6.32. The van der Waals surface area contributed by atoms with Crippen molar-refractivity contribution in [2.24, 2.45) is 4.99 Å². The number of hydrogen-bond donors (Lipinski definition) is 2. The number of thioether (sulfide) groups is 1. The third kappa shape index (κ3) is 4.67. The lowest BCUT2D eigenvalue weighted by molar-refractivity contribution is -0.115. The van der Waals surface area contributed by atoms with Gasteiger partial charge in [0, 0.05) is 21.5 Å². The van der Waals surface area contributed by atoms with E-state index in [1.807, 2.05) is 62.6 Å². The van der Waals surface area contributed by atoms with Gasteiger partial charge >= 0.3 is 5.97 Å². The number of aliphatic imine (C=N–C) groups is 1. The fourth-order valence-corrected chi connectivity index (χ4v) is 4.90. The maximum Gasteiger partial charge on any atom is 0.335 e. The van der Waals surface area contributed by atoms with Crippen LogP contribution >= 0.6 is 27.7 Å². The summed E-state index contributed by atoms with van der Waals surface area (Å²) >= 11 is 4.86. The largest absolute Gasteiger partial charge is 0.478 e. The number of aromatic carboxylic acids is 1. The molecule has 2 N–H and O–H groups in total. The number of rotatable bonds is 4. The van der Waals surface area contributed by atoms with E-state index >= 15 is 0 Å². The highest BCUT2D eigenvalue weighted by Gasteiger charge is 2.25. The molecule has 0 unspecified atom stereocenters. The van der Waals surface area contributed by atoms with Gasteiger partial charge in [-0.1, -0.05) is 22.0 Å². The summed E-state index contributed by atoms with van der Waals surface area (Å²) in [5.41, 5.74) is 6.69. The van der Waals surface area contributed by atoms with Crippen molar-refractivity contribution in [3.8, 4) is 5.69 Å². The molecule has 0 saturated carbocycles. The van der Waals surface area contributed by atoms with E-state index in [1.165, 1.54) is 11.8 Å². The van der Waals surface area contributed by atoms with Crippen LogP contribution < -0.4 is 5.32 Å². The van der Waals surface area contributed by atoms with E-state index in [4.69, 9.17) is 0 Å². The van der Waals surface area contributed by atoms with Crippen molar-refractivity contribution in [3.63, 3.8) is 0 Å². The Hall–Kier alpha value is -3.10. The molecule has 6 nitrogen and oxygen atoms in total. The number of carboxylic acids is 1. The molecule has 0 bridgehead atoms. The summed E-state index contributed by atoms with van der Waals surface area (Å²) in [5.74, 6) is -1.16. The molecular weight excluding hydrogens is 502 g/mol. The van der Waals surface area contributed by atoms with Crippen LogP contribution in [0.25, 0.3) is 11.8 Å². The molecule has 0 radical (unpaired) electrons. The van der Waals surface area contributed by atoms with Crippen LogP contribution in [-0.2, 0) is 4.79 Å². The SMILES string of the molecule is Cc1cc(N=C2NC(=O)/C(=C/c3cc(C)n(-c4cccc(C(=O)O)c4)c3C)S2)cc(C)c1Br. The lowest BCUT2D eigenvalue weighted by Crippen LogP contribution is -2.19. The summed E-state index contributed by atoms with van der Waals surface area (Å²) in [5, 5.41) is 12.7. The van der Waals surface area contributed by atoms with Gasteiger partial charge in [-0.05, 0) is 98.6 Å². The summed E-state index contributed by atoms with van der Waals surface area (Å²) in [4.78, 5) is 29.1. The Bertz CT molecular complexity index is 1350. The second-order valence-corrected chi connectivity index (χ2v) is 9.72. The van der Waals surface area contributed by atoms with Crippen molar-refractivity contribution in [1.82, 2.24) is 9.88 Å². The lowest BCUT2D eigenvalue weighted by Gasteiger charge is -2.10. The number of aromatic nitrogens is 1. The second-order valence-electron chi connectivity index (χ2n) is 7.89. The van der Waals surface area contributed by atoms with Crippen LogP contribution in [0.4, 0.5) is 5.69 Å². The summed E-state index contributed by atoms with van der Waals surface area (Å²) < 4.78 is 3.04. The molecule has 0 aliphatic carbocycles. The molecule has 1 aliphatic heterocycles. The minimum Gasteiger partial charge on any atom is -0.478 e. The number of aryl methyl sites for hydroxylation is 3. The monoisotopic (exact) mass is 523 g/mol. The Morgan fingerprint density at radius 2 is 1.82 bits per heavy atom. The van der Waals surface area contributed by atoms with Crippen LogP contribution in [0.15, 0.2) is 56.8 Å². The summed E-state index contributed by atoms with van der Waals surface area (Å²) in [6.45, 7) is 7.92. The number of carboxylic acid groups (broad SMARTS) is 1. The number of amidine groups is 1. The number of halogens is 1. The zero-order chi connectivity index (χ0) is 23.9. The van der Waals surface area contributed by atoms with Gasteiger partial charge in [0.25, 0.3) is 5.91 Å². The van der Waals surface area contributed by atoms with Gasteiger partial charge < -0.3 is 15.0 Å². The molecule has 168 valence electrons. The van der Waals surface area contributed by atoms with Crippen molar-refractivity contribution >= 4 is 56.5 Å². The fourth-order valence-electron chi connectivity index (χ4n) is 3.84. The minimum atomic E-state index is -0.969. The van der Waals surface area contributed by atoms with Gasteiger partial charge in [-0.15, -0.1) is 0 Å². The van der Waals surface area contributed by atoms with E-state index in [1.54, 1.807) is 18.2 Å². The van der Waals surface area contributed by atoms with Gasteiger partial charge in [0.2, 0.25) is 0 Å². The van der Waals surface area contributed by atoms with E-state index in [0.29, 0.717) is 10.1 Å². The highest BCUT2D eigenvalue weighted by Crippen LogP contribution is 2.32. The van der Waals surface area contributed by atoms with Crippen LogP contribution in [0.1, 0.15) is 38.4 Å². The normalized spacial score (nSPS) is 16.0. The summed E-state index contributed by atoms with van der Waals surface area (Å²) in [7, 11) is 0. The maximum atomic E-state index is 12.6. The van der Waals surface area contributed by atoms with E-state index < -0.39 is 5.97 Å². The molecule has 0 atom stereocenters. The molecule has 0 spiro atoms. The first kappa shape index (κ1) is 23.1. The number of nitrogens with one attached hydrogen (secondary N) is 1. The van der Waals surface area contributed by atoms with Gasteiger partial charge in [0.05, 0.1) is 16.2 Å². The van der Waals surface area contributed by atoms with Crippen LogP contribution in [0.3, 0.4) is 0 Å². The molecule has 3 aromatic rings. The molecular formula is C25H22BrN3O3S. The van der Waals surface area contributed by atoms with Gasteiger partial charge in [-0.2, -0.15) is 0 Å². The smallest absolute Gasteiger partial charge is 0.335 e. The average molecular weight is 524 g/mol. The quantitative estimate of drug-likeness (QED) is 0.407. The van der Waals surface area contributed by atoms with E-state index in [0.717, 1.165) is 43.9 Å². The third-order valence-electron chi connectivity index (χ3n) is 5.41. The number of benzene rings is 2. The first-order valence-corrected chi connectivity index (χ1v) is 11.8. The number of nitrogens with zero attached hydrogens (tertiary/aromatic N) is 2. The number of carbonyl (C=O) groups excluding carboxylic acids is 1. The van der Waals surface area contributed by atoms with Gasteiger partial charge in [-0.25, -0.2) is 9.79 Å². The standard InChI is InChI=1S/C25H22BrN3O3S/c1-13-8-19(9-14(2)22(13)26)27-25-28-23(30)21(33-25)12-18-10-15(3)29(16(18)4)20-7-5-6-17(11-20)24(31)32/h5-12H,1-4H3,(H,31,32)(H,27,28,30)/b21-12-. The molecule has 4 rings (SSSR count). The third-order valence-corrected chi connectivity index (χ3v) is 7.57. The van der Waals surface area contributed by atoms with Crippen molar-refractivity contribution in [3.05, 3.63) is 85.5 Å². The summed E-state index contributed by atoms with van der Waals surface area (Å²) in [6.07, 6.45) is 1.85. The van der Waals surface area contributed by atoms with Crippen molar-refractivity contribution < 1.29 is 14.7 Å². The zero-order valence-electron chi connectivity index (χ0n) is 18.6. The van der Waals surface area contributed by atoms with Crippen molar-refractivity contribution in [2.45, 2.75) is 27.7 Å². The van der Waals surface area contributed by atoms with Crippen LogP contribution in [0.5, 0.6) is 0 Å². The topological polar surface area (TPSA) is 83.7 Å². The van der Waals surface area contributed by atoms with E-state index in [2.05, 4.69) is 26.2 Å². The average Bonchev–Trinajstić information content (AvgIpc) is 3.24. The molecule has 8 heteroatoms. The Morgan fingerprint density at radius 1 is 1.12 bits per heavy atom. The van der Waals surface area contributed by atoms with Gasteiger partial charge in [-0.3, -0.25) is 4.79 Å². The minimum absolute atomic E-state index is 0.193. The Balaban J connectivity index is 1.65. The number of amides is 1. The Morgan fingerprint density at radius 3 is 2.48 bits per heavy atom. The van der Waals surface area contributed by atoms with E-state index in [9.17, 15) is 14.7 Å². The van der Waals surface area contributed by atoms with Crippen LogP contribution in [-0.4, -0.2) is 26.7 Å². The summed E-state index contributed by atoms with van der Waals surface area (Å²) in [6, 6.07) is 12.7. The zero-order valence-corrected chi connectivity index (χ0v) is 21.0. The number of hydrogen-bond acceptors (Lipinski definition) is 4. The second kappa shape index (κ2) is 9.03. The molecule has 1 fully saturated rings. The van der Waals surface area contributed by atoms with Crippen LogP contribution in [0, 0.1) is 27.7 Å². The number of carbonyl (C=O) groups is 2.